The number of quaternary nitrogens is 1. The van der Waals surface area contributed by atoms with Gasteiger partial charge < -0.3 is 26.2 Å². The van der Waals surface area contributed by atoms with E-state index in [1.807, 2.05) is 30.3 Å². The van der Waals surface area contributed by atoms with Crippen molar-refractivity contribution in [3.63, 3.8) is 0 Å². The van der Waals surface area contributed by atoms with E-state index in [-0.39, 0.29) is 29.1 Å². The van der Waals surface area contributed by atoms with Crippen LogP contribution in [0.5, 0.6) is 0 Å². The number of esters is 1. The SMILES string of the molecule is Cc1cccc(CC(=O)C[N+]23CCC(CC2)[C@@H](OC(=O)C2(c4ccccc4)CCCCCC2)C3)c1.[Br-]. The number of benzene rings is 2. The maximum absolute atomic E-state index is 13.9. The highest BCUT2D eigenvalue weighted by atomic mass is 79.9. The lowest BCUT2D eigenvalue weighted by Gasteiger charge is -2.52. The molecule has 6 rings (SSSR count). The van der Waals surface area contributed by atoms with Gasteiger partial charge in [0.25, 0.3) is 0 Å². The number of aryl methyl sites for hydroxylation is 1. The number of halogens is 1. The van der Waals surface area contributed by atoms with E-state index < -0.39 is 5.41 Å². The summed E-state index contributed by atoms with van der Waals surface area (Å²) in [5, 5.41) is 0. The number of nitrogens with zero attached hydrogens (tertiary/aromatic N) is 1. The maximum atomic E-state index is 13.9. The number of piperidine rings is 3. The summed E-state index contributed by atoms with van der Waals surface area (Å²) in [5.41, 5.74) is 2.89. The van der Waals surface area contributed by atoms with Crippen LogP contribution in [-0.4, -0.2) is 48.5 Å². The fraction of sp³-hybridized carbons (Fsp3) is 0.548. The average Bonchev–Trinajstić information content (AvgIpc) is 3.12. The molecule has 4 nitrogen and oxygen atoms in total. The zero-order valence-electron chi connectivity index (χ0n) is 21.6. The molecule has 3 saturated heterocycles. The monoisotopic (exact) mass is 553 g/mol. The van der Waals surface area contributed by atoms with Crippen molar-refractivity contribution in [2.24, 2.45) is 5.92 Å². The van der Waals surface area contributed by atoms with Crippen LogP contribution in [0.4, 0.5) is 0 Å². The van der Waals surface area contributed by atoms with Crippen LogP contribution < -0.4 is 17.0 Å². The van der Waals surface area contributed by atoms with Gasteiger partial charge in [-0.1, -0.05) is 85.8 Å². The van der Waals surface area contributed by atoms with E-state index in [2.05, 4.69) is 31.2 Å². The molecule has 1 atom stereocenters. The quantitative estimate of drug-likeness (QED) is 0.300. The molecular weight excluding hydrogens is 514 g/mol. The van der Waals surface area contributed by atoms with Crippen LogP contribution in [-0.2, 0) is 26.2 Å². The second-order valence-electron chi connectivity index (χ2n) is 11.5. The number of carbonyl (C=O) groups is 2. The number of rotatable bonds is 7. The number of fused-ring (bicyclic) bond motifs is 3. The second kappa shape index (κ2) is 11.6. The number of ketones is 1. The number of carbonyl (C=O) groups excluding carboxylic acids is 2. The molecule has 0 spiro atoms. The van der Waals surface area contributed by atoms with E-state index in [0.29, 0.717) is 24.7 Å². The normalized spacial score (nSPS) is 26.9. The summed E-state index contributed by atoms with van der Waals surface area (Å²) < 4.78 is 7.24. The molecule has 2 aromatic rings. The highest BCUT2D eigenvalue weighted by Gasteiger charge is 2.50. The van der Waals surface area contributed by atoms with Crippen molar-refractivity contribution < 1.29 is 35.8 Å². The van der Waals surface area contributed by atoms with Crippen LogP contribution in [0.3, 0.4) is 0 Å². The van der Waals surface area contributed by atoms with E-state index in [1.165, 1.54) is 18.4 Å². The lowest BCUT2D eigenvalue weighted by Crippen LogP contribution is -3.00. The predicted octanol–water partition coefficient (Wildman–Crippen LogP) is 2.56. The average molecular weight is 555 g/mol. The van der Waals surface area contributed by atoms with E-state index in [1.54, 1.807) is 0 Å². The van der Waals surface area contributed by atoms with Crippen LogP contribution in [0, 0.1) is 12.8 Å². The summed E-state index contributed by atoms with van der Waals surface area (Å²) in [7, 11) is 0. The molecule has 36 heavy (non-hydrogen) atoms. The fourth-order valence-corrected chi connectivity index (χ4v) is 7.01. The predicted molar refractivity (Wildman–Crippen MR) is 138 cm³/mol. The van der Waals surface area contributed by atoms with Crippen LogP contribution in [0.1, 0.15) is 68.1 Å². The largest absolute Gasteiger partial charge is 1.00 e. The third kappa shape index (κ3) is 5.78. The number of ether oxygens (including phenoxy) is 1. The second-order valence-corrected chi connectivity index (χ2v) is 11.5. The Bertz CT molecular complexity index is 1040. The van der Waals surface area contributed by atoms with Crippen LogP contribution >= 0.6 is 0 Å². The van der Waals surface area contributed by atoms with Crippen molar-refractivity contribution in [2.75, 3.05) is 26.2 Å². The van der Waals surface area contributed by atoms with Crippen molar-refractivity contribution in [3.8, 4) is 0 Å². The van der Waals surface area contributed by atoms with Gasteiger partial charge in [-0.3, -0.25) is 9.59 Å². The summed E-state index contributed by atoms with van der Waals surface area (Å²) in [6.45, 7) is 5.48. The van der Waals surface area contributed by atoms with Gasteiger partial charge in [-0.2, -0.15) is 0 Å². The Hall–Kier alpha value is -1.98. The van der Waals surface area contributed by atoms with E-state index in [9.17, 15) is 9.59 Å². The Morgan fingerprint density at radius 1 is 0.944 bits per heavy atom. The third-order valence-corrected chi connectivity index (χ3v) is 8.97. The summed E-state index contributed by atoms with van der Waals surface area (Å²) >= 11 is 0. The molecule has 194 valence electrons. The molecular formula is C31H40BrNO3. The smallest absolute Gasteiger partial charge is 0.317 e. The van der Waals surface area contributed by atoms with Gasteiger partial charge in [0, 0.05) is 25.2 Å². The lowest BCUT2D eigenvalue weighted by atomic mass is 9.74. The van der Waals surface area contributed by atoms with Gasteiger partial charge in [-0.25, -0.2) is 0 Å². The molecule has 0 N–H and O–H groups in total. The van der Waals surface area contributed by atoms with Crippen molar-refractivity contribution in [3.05, 3.63) is 71.3 Å². The molecule has 0 amide bonds. The lowest BCUT2D eigenvalue weighted by molar-refractivity contribution is -0.939. The Kier molecular flexibility index (Phi) is 8.72. The molecule has 2 bridgehead atoms. The van der Waals surface area contributed by atoms with Gasteiger partial charge in [0.05, 0.1) is 18.5 Å². The summed E-state index contributed by atoms with van der Waals surface area (Å²) in [5.74, 6) is 0.712. The van der Waals surface area contributed by atoms with Crippen LogP contribution in [0.15, 0.2) is 54.6 Å². The minimum Gasteiger partial charge on any atom is -1.00 e. The standard InChI is InChI=1S/C31H40NO3.BrH/c1-24-10-9-11-25(20-24)21-28(33)22-32-18-14-26(15-19-32)29(23-32)35-30(34)31(16-7-2-3-8-17-31)27-12-5-4-6-13-27;/h4-6,9-13,20,26,29H,2-3,7-8,14-19,21-23H2,1H3;1H/q+1;/p-1/t26?,29-,32?;/m0./s1. The first-order valence-electron chi connectivity index (χ1n) is 13.7. The van der Waals surface area contributed by atoms with Crippen LogP contribution in [0.25, 0.3) is 0 Å². The topological polar surface area (TPSA) is 43.4 Å². The number of Topliss-reactive ketones (excluding diaryl/α,β-unsaturated/α-hetero) is 1. The zero-order chi connectivity index (χ0) is 24.3. The van der Waals surface area contributed by atoms with Gasteiger partial charge in [0.1, 0.15) is 13.1 Å². The van der Waals surface area contributed by atoms with Crippen molar-refractivity contribution in [1.82, 2.24) is 0 Å². The van der Waals surface area contributed by atoms with Gasteiger partial charge >= 0.3 is 5.97 Å². The molecule has 1 aliphatic carbocycles. The van der Waals surface area contributed by atoms with E-state index >= 15 is 0 Å². The molecule has 2 aromatic carbocycles. The maximum Gasteiger partial charge on any atom is 0.317 e. The van der Waals surface area contributed by atoms with E-state index in [4.69, 9.17) is 4.74 Å². The molecule has 1 saturated carbocycles. The first-order valence-corrected chi connectivity index (χ1v) is 13.7. The number of hydrogen-bond donors (Lipinski definition) is 0. The van der Waals surface area contributed by atoms with Gasteiger partial charge in [-0.15, -0.1) is 0 Å². The first kappa shape index (κ1) is 27.1. The van der Waals surface area contributed by atoms with Gasteiger partial charge in [0.15, 0.2) is 11.9 Å². The van der Waals surface area contributed by atoms with E-state index in [0.717, 1.165) is 73.8 Å². The molecule has 0 unspecified atom stereocenters. The Morgan fingerprint density at radius 2 is 1.64 bits per heavy atom. The summed E-state index contributed by atoms with van der Waals surface area (Å²) in [6, 6.07) is 18.6. The molecule has 4 fully saturated rings. The molecule has 4 aliphatic rings. The molecule has 3 heterocycles. The minimum atomic E-state index is -0.518. The molecule has 0 radical (unpaired) electrons. The van der Waals surface area contributed by atoms with Gasteiger partial charge in [-0.05, 0) is 30.9 Å². The Labute approximate surface area is 226 Å². The number of hydrogen-bond acceptors (Lipinski definition) is 3. The Morgan fingerprint density at radius 3 is 2.31 bits per heavy atom. The Balaban J connectivity index is 0.00000304. The van der Waals surface area contributed by atoms with Crippen LogP contribution in [0.2, 0.25) is 0 Å². The molecule has 3 aliphatic heterocycles. The summed E-state index contributed by atoms with van der Waals surface area (Å²) in [6.07, 6.45) is 8.81. The third-order valence-electron chi connectivity index (χ3n) is 8.97. The summed E-state index contributed by atoms with van der Waals surface area (Å²) in [4.78, 5) is 27.0. The highest BCUT2D eigenvalue weighted by Crippen LogP contribution is 2.42. The van der Waals surface area contributed by atoms with Crippen molar-refractivity contribution in [1.29, 1.82) is 0 Å². The first-order chi connectivity index (χ1) is 17.0. The zero-order valence-corrected chi connectivity index (χ0v) is 23.2. The fourth-order valence-electron chi connectivity index (χ4n) is 7.01. The van der Waals surface area contributed by atoms with Crippen molar-refractivity contribution in [2.45, 2.75) is 76.2 Å². The minimum absolute atomic E-state index is 0. The highest BCUT2D eigenvalue weighted by molar-refractivity contribution is 5.83. The molecule has 0 aromatic heterocycles. The van der Waals surface area contributed by atoms with Gasteiger partial charge in [0.2, 0.25) is 0 Å². The molecule has 5 heteroatoms. The van der Waals surface area contributed by atoms with Crippen molar-refractivity contribution >= 4 is 11.8 Å².